The van der Waals surface area contributed by atoms with Gasteiger partial charge in [-0.15, -0.1) is 0 Å². The zero-order chi connectivity index (χ0) is 14.3. The lowest BCUT2D eigenvalue weighted by molar-refractivity contribution is -0.144. The van der Waals surface area contributed by atoms with Crippen molar-refractivity contribution in [1.82, 2.24) is 5.32 Å². The van der Waals surface area contributed by atoms with Gasteiger partial charge in [0, 0.05) is 13.0 Å². The molecular formula is C12H19NO6. The third-order valence-electron chi connectivity index (χ3n) is 3.03. The molecule has 0 aromatic heterocycles. The Labute approximate surface area is 110 Å². The number of carbonyl (C=O) groups is 3. The molecule has 0 saturated carbocycles. The summed E-state index contributed by atoms with van der Waals surface area (Å²) in [7, 11) is 0. The first kappa shape index (κ1) is 15.4. The number of aliphatic carboxylic acids is 2. The zero-order valence-corrected chi connectivity index (χ0v) is 10.6. The molecule has 0 aromatic rings. The second-order valence-electron chi connectivity index (χ2n) is 4.60. The predicted octanol–water partition coefficient (Wildman–Crippen LogP) is 0.237. The highest BCUT2D eigenvalue weighted by Crippen LogP contribution is 2.14. The van der Waals surface area contributed by atoms with Crippen LogP contribution in [0.15, 0.2) is 0 Å². The highest BCUT2D eigenvalue weighted by molar-refractivity contribution is 5.85. The number of amides is 1. The first-order valence-corrected chi connectivity index (χ1v) is 6.33. The Bertz CT molecular complexity index is 337. The lowest BCUT2D eigenvalue weighted by Crippen LogP contribution is -2.45. The van der Waals surface area contributed by atoms with E-state index in [1.165, 1.54) is 0 Å². The van der Waals surface area contributed by atoms with E-state index in [1.54, 1.807) is 0 Å². The van der Waals surface area contributed by atoms with Gasteiger partial charge in [0.05, 0.1) is 12.5 Å². The number of carbonyl (C=O) groups excluding carboxylic acids is 1. The number of carboxylic acid groups (broad SMARTS) is 2. The molecule has 0 bridgehead atoms. The van der Waals surface area contributed by atoms with Gasteiger partial charge in [0.25, 0.3) is 0 Å². The molecule has 3 N–H and O–H groups in total. The predicted molar refractivity (Wildman–Crippen MR) is 64.6 cm³/mol. The molecule has 1 amide bonds. The van der Waals surface area contributed by atoms with Crippen molar-refractivity contribution in [2.24, 2.45) is 5.92 Å². The van der Waals surface area contributed by atoms with Crippen molar-refractivity contribution >= 4 is 17.8 Å². The number of rotatable bonds is 7. The fourth-order valence-corrected chi connectivity index (χ4v) is 1.95. The maximum Gasteiger partial charge on any atom is 0.326 e. The molecule has 0 radical (unpaired) electrons. The van der Waals surface area contributed by atoms with Gasteiger partial charge < -0.3 is 20.3 Å². The lowest BCUT2D eigenvalue weighted by atomic mass is 10.0. The average Bonchev–Trinajstić information content (AvgIpc) is 2.37. The van der Waals surface area contributed by atoms with Crippen molar-refractivity contribution in [3.63, 3.8) is 0 Å². The molecule has 0 spiro atoms. The number of hydrogen-bond donors (Lipinski definition) is 3. The van der Waals surface area contributed by atoms with Crippen LogP contribution in [0.1, 0.15) is 32.1 Å². The first-order valence-electron chi connectivity index (χ1n) is 6.33. The van der Waals surface area contributed by atoms with Gasteiger partial charge in [-0.3, -0.25) is 9.59 Å². The Hall–Kier alpha value is -1.63. The first-order chi connectivity index (χ1) is 9.00. The van der Waals surface area contributed by atoms with Crippen molar-refractivity contribution in [1.29, 1.82) is 0 Å². The summed E-state index contributed by atoms with van der Waals surface area (Å²) in [6, 6.07) is -1.03. The minimum atomic E-state index is -1.14. The number of hydrogen-bond acceptors (Lipinski definition) is 4. The fourth-order valence-electron chi connectivity index (χ4n) is 1.95. The highest BCUT2D eigenvalue weighted by Gasteiger charge is 2.26. The van der Waals surface area contributed by atoms with Crippen LogP contribution in [0.2, 0.25) is 0 Å². The summed E-state index contributed by atoms with van der Waals surface area (Å²) in [4.78, 5) is 33.2. The normalized spacial score (nSPS) is 20.5. The Balaban J connectivity index is 2.41. The third kappa shape index (κ3) is 5.69. The summed E-state index contributed by atoms with van der Waals surface area (Å²) in [5.41, 5.74) is 0. The molecule has 1 fully saturated rings. The van der Waals surface area contributed by atoms with Gasteiger partial charge >= 0.3 is 11.9 Å². The molecule has 0 aromatic carbocycles. The van der Waals surface area contributed by atoms with Crippen LogP contribution in [-0.4, -0.2) is 47.3 Å². The van der Waals surface area contributed by atoms with E-state index in [0.717, 1.165) is 6.42 Å². The third-order valence-corrected chi connectivity index (χ3v) is 3.03. The number of carboxylic acids is 2. The van der Waals surface area contributed by atoms with E-state index in [9.17, 15) is 14.4 Å². The molecule has 1 aliphatic heterocycles. The molecule has 108 valence electrons. The van der Waals surface area contributed by atoms with Crippen LogP contribution < -0.4 is 5.32 Å². The molecule has 7 nitrogen and oxygen atoms in total. The van der Waals surface area contributed by atoms with Gasteiger partial charge in [-0.2, -0.15) is 0 Å². The molecular weight excluding hydrogens is 254 g/mol. The van der Waals surface area contributed by atoms with E-state index >= 15 is 0 Å². The fraction of sp³-hybridized carbons (Fsp3) is 0.750. The van der Waals surface area contributed by atoms with Crippen LogP contribution in [0.3, 0.4) is 0 Å². The monoisotopic (exact) mass is 273 g/mol. The summed E-state index contributed by atoms with van der Waals surface area (Å²) in [6.07, 6.45) is 1.70. The topological polar surface area (TPSA) is 113 Å². The van der Waals surface area contributed by atoms with E-state index in [4.69, 9.17) is 14.9 Å². The van der Waals surface area contributed by atoms with Crippen LogP contribution in [0.5, 0.6) is 0 Å². The molecule has 19 heavy (non-hydrogen) atoms. The molecule has 1 unspecified atom stereocenters. The SMILES string of the molecule is O=C(O)CCC[C@@H](NC(=O)C1CCCOC1)C(=O)O. The molecule has 1 heterocycles. The largest absolute Gasteiger partial charge is 0.481 e. The van der Waals surface area contributed by atoms with Gasteiger partial charge in [-0.05, 0) is 25.7 Å². The van der Waals surface area contributed by atoms with Gasteiger partial charge in [-0.25, -0.2) is 4.79 Å². The summed E-state index contributed by atoms with van der Waals surface area (Å²) < 4.78 is 5.17. The maximum absolute atomic E-state index is 11.8. The Morgan fingerprint density at radius 1 is 1.32 bits per heavy atom. The summed E-state index contributed by atoms with van der Waals surface area (Å²) in [5.74, 6) is -2.76. The van der Waals surface area contributed by atoms with Gasteiger partial charge in [-0.1, -0.05) is 0 Å². The van der Waals surface area contributed by atoms with Crippen LogP contribution in [0.25, 0.3) is 0 Å². The van der Waals surface area contributed by atoms with Gasteiger partial charge in [0.15, 0.2) is 0 Å². The molecule has 1 saturated heterocycles. The quantitative estimate of drug-likeness (QED) is 0.612. The van der Waals surface area contributed by atoms with Crippen molar-refractivity contribution in [2.75, 3.05) is 13.2 Å². The van der Waals surface area contributed by atoms with Crippen molar-refractivity contribution in [2.45, 2.75) is 38.1 Å². The summed E-state index contributed by atoms with van der Waals surface area (Å²) in [5, 5.41) is 19.9. The van der Waals surface area contributed by atoms with Crippen molar-refractivity contribution in [3.8, 4) is 0 Å². The number of nitrogens with one attached hydrogen (secondary N) is 1. The second-order valence-corrected chi connectivity index (χ2v) is 4.60. The van der Waals surface area contributed by atoms with Gasteiger partial charge in [0.1, 0.15) is 6.04 Å². The Morgan fingerprint density at radius 3 is 2.58 bits per heavy atom. The van der Waals surface area contributed by atoms with E-state index in [2.05, 4.69) is 5.32 Å². The van der Waals surface area contributed by atoms with Crippen molar-refractivity contribution in [3.05, 3.63) is 0 Å². The Kier molecular flexibility index (Phi) is 6.27. The zero-order valence-electron chi connectivity index (χ0n) is 10.6. The molecule has 7 heteroatoms. The molecule has 1 rings (SSSR count). The molecule has 0 aliphatic carbocycles. The lowest BCUT2D eigenvalue weighted by Gasteiger charge is -2.23. The highest BCUT2D eigenvalue weighted by atomic mass is 16.5. The minimum Gasteiger partial charge on any atom is -0.481 e. The van der Waals surface area contributed by atoms with Crippen LogP contribution in [0.4, 0.5) is 0 Å². The minimum absolute atomic E-state index is 0.105. The summed E-state index contributed by atoms with van der Waals surface area (Å²) >= 11 is 0. The summed E-state index contributed by atoms with van der Waals surface area (Å²) in [6.45, 7) is 0.943. The average molecular weight is 273 g/mol. The number of ether oxygens (including phenoxy) is 1. The van der Waals surface area contributed by atoms with E-state index in [1.807, 2.05) is 0 Å². The standard InChI is InChI=1S/C12H19NO6/c14-10(15)5-1-4-9(12(17)18)13-11(16)8-3-2-6-19-7-8/h8-9H,1-7H2,(H,13,16)(H,14,15)(H,17,18)/t8?,9-/m1/s1. The van der Waals surface area contributed by atoms with E-state index in [0.29, 0.717) is 19.6 Å². The molecule has 1 aliphatic rings. The maximum atomic E-state index is 11.8. The van der Waals surface area contributed by atoms with Gasteiger partial charge in [0.2, 0.25) is 5.91 Å². The van der Waals surface area contributed by atoms with Crippen LogP contribution >= 0.6 is 0 Å². The van der Waals surface area contributed by atoms with Crippen molar-refractivity contribution < 1.29 is 29.3 Å². The van der Waals surface area contributed by atoms with E-state index < -0.39 is 18.0 Å². The molecule has 2 atom stereocenters. The van der Waals surface area contributed by atoms with Crippen LogP contribution in [-0.2, 0) is 19.1 Å². The van der Waals surface area contributed by atoms with Crippen LogP contribution in [0, 0.1) is 5.92 Å². The van der Waals surface area contributed by atoms with E-state index in [-0.39, 0.29) is 31.1 Å². The second kappa shape index (κ2) is 7.73. The smallest absolute Gasteiger partial charge is 0.326 e. The Morgan fingerprint density at radius 2 is 2.05 bits per heavy atom.